The molecule has 3 heteroatoms. The highest BCUT2D eigenvalue weighted by atomic mass is 35.5. The molecule has 0 saturated carbocycles. The molecular formula is C11H9ClO2. The second kappa shape index (κ2) is 3.46. The molecule has 0 aliphatic heterocycles. The number of fused-ring (bicyclic) bond motifs is 1. The summed E-state index contributed by atoms with van der Waals surface area (Å²) in [5, 5.41) is 1.43. The average molecular weight is 209 g/mol. The van der Waals surface area contributed by atoms with Gasteiger partial charge in [-0.2, -0.15) is 0 Å². The number of hydrogen-bond donors (Lipinski definition) is 0. The summed E-state index contributed by atoms with van der Waals surface area (Å²) in [5.41, 5.74) is 1.13. The molecule has 14 heavy (non-hydrogen) atoms. The highest BCUT2D eigenvalue weighted by molar-refractivity contribution is 6.36. The Labute approximate surface area is 86.5 Å². The number of furan rings is 1. The lowest BCUT2D eigenvalue weighted by molar-refractivity contribution is 0.112. The van der Waals surface area contributed by atoms with Crippen LogP contribution in [0.1, 0.15) is 23.0 Å². The Hall–Kier alpha value is -1.28. The largest absolute Gasteiger partial charge is 0.459 e. The molecular weight excluding hydrogens is 200 g/mol. The number of hydrogen-bond acceptors (Lipinski definition) is 2. The van der Waals surface area contributed by atoms with Gasteiger partial charge in [0.2, 0.25) is 0 Å². The van der Waals surface area contributed by atoms with Crippen LogP contribution in [0.5, 0.6) is 0 Å². The minimum absolute atomic E-state index is 0.545. The third-order valence-electron chi connectivity index (χ3n) is 2.20. The molecule has 2 aromatic rings. The van der Waals surface area contributed by atoms with E-state index in [9.17, 15) is 4.79 Å². The van der Waals surface area contributed by atoms with Crippen LogP contribution in [0.25, 0.3) is 11.0 Å². The fourth-order valence-electron chi connectivity index (χ4n) is 1.48. The van der Waals surface area contributed by atoms with Gasteiger partial charge in [0.05, 0.1) is 10.6 Å². The number of benzene rings is 1. The van der Waals surface area contributed by atoms with E-state index >= 15 is 0 Å². The Balaban J connectivity index is 2.83. The predicted molar refractivity (Wildman–Crippen MR) is 56.0 cm³/mol. The summed E-state index contributed by atoms with van der Waals surface area (Å²) in [4.78, 5) is 10.7. The molecule has 0 bridgehead atoms. The maximum atomic E-state index is 10.7. The monoisotopic (exact) mass is 208 g/mol. The first-order valence-electron chi connectivity index (χ1n) is 4.43. The maximum absolute atomic E-state index is 10.7. The smallest absolute Gasteiger partial charge is 0.153 e. The molecule has 1 aromatic heterocycles. The van der Waals surface area contributed by atoms with E-state index in [4.69, 9.17) is 16.0 Å². The van der Waals surface area contributed by atoms with Crippen molar-refractivity contribution in [3.8, 4) is 0 Å². The zero-order chi connectivity index (χ0) is 10.1. The van der Waals surface area contributed by atoms with Crippen molar-refractivity contribution < 1.29 is 9.21 Å². The van der Waals surface area contributed by atoms with Gasteiger partial charge in [-0.05, 0) is 12.1 Å². The van der Waals surface area contributed by atoms with Crippen LogP contribution in [0.15, 0.2) is 22.6 Å². The lowest BCUT2D eigenvalue weighted by atomic mass is 10.1. The first-order chi connectivity index (χ1) is 6.77. The van der Waals surface area contributed by atoms with E-state index < -0.39 is 0 Å². The third kappa shape index (κ3) is 1.23. The zero-order valence-electron chi connectivity index (χ0n) is 7.71. The van der Waals surface area contributed by atoms with Crippen molar-refractivity contribution in [2.24, 2.45) is 0 Å². The van der Waals surface area contributed by atoms with Gasteiger partial charge in [0.15, 0.2) is 6.29 Å². The summed E-state index contributed by atoms with van der Waals surface area (Å²) in [6.07, 6.45) is 1.51. The second-order valence-corrected chi connectivity index (χ2v) is 3.41. The van der Waals surface area contributed by atoms with Crippen molar-refractivity contribution in [1.82, 2.24) is 0 Å². The molecule has 0 fully saturated rings. The van der Waals surface area contributed by atoms with Crippen LogP contribution in [0.4, 0.5) is 0 Å². The molecule has 1 heterocycles. The van der Waals surface area contributed by atoms with Gasteiger partial charge in [-0.15, -0.1) is 0 Å². The van der Waals surface area contributed by atoms with Crippen LogP contribution in [0, 0.1) is 0 Å². The van der Waals surface area contributed by atoms with Crippen LogP contribution < -0.4 is 0 Å². The molecule has 0 saturated heterocycles. The molecule has 0 aliphatic carbocycles. The van der Waals surface area contributed by atoms with Crippen molar-refractivity contribution in [2.75, 3.05) is 0 Å². The highest BCUT2D eigenvalue weighted by Crippen LogP contribution is 2.32. The minimum Gasteiger partial charge on any atom is -0.459 e. The Kier molecular flexibility index (Phi) is 2.30. The second-order valence-electron chi connectivity index (χ2n) is 3.03. The Bertz CT molecular complexity index is 485. The van der Waals surface area contributed by atoms with Crippen LogP contribution in [-0.2, 0) is 6.42 Å². The van der Waals surface area contributed by atoms with Gasteiger partial charge in [-0.1, -0.05) is 24.6 Å². The Morgan fingerprint density at radius 2 is 2.29 bits per heavy atom. The quantitative estimate of drug-likeness (QED) is 0.708. The van der Waals surface area contributed by atoms with Crippen molar-refractivity contribution in [2.45, 2.75) is 13.3 Å². The number of halogens is 1. The van der Waals surface area contributed by atoms with Gasteiger partial charge in [-0.3, -0.25) is 4.79 Å². The van der Waals surface area contributed by atoms with Crippen molar-refractivity contribution in [3.05, 3.63) is 34.5 Å². The van der Waals surface area contributed by atoms with E-state index in [-0.39, 0.29) is 0 Å². The SMILES string of the molecule is CCc1oc2c(C=O)cccc2c1Cl. The standard InChI is InChI=1S/C11H9ClO2/c1-2-9-10(12)8-5-3-4-7(6-13)11(8)14-9/h3-6H,2H2,1H3. The fourth-order valence-corrected chi connectivity index (χ4v) is 1.80. The first-order valence-corrected chi connectivity index (χ1v) is 4.80. The molecule has 0 aliphatic rings. The van der Waals surface area contributed by atoms with Crippen LogP contribution in [-0.4, -0.2) is 6.29 Å². The van der Waals surface area contributed by atoms with Crippen molar-refractivity contribution in [1.29, 1.82) is 0 Å². The van der Waals surface area contributed by atoms with Crippen molar-refractivity contribution >= 4 is 28.9 Å². The molecule has 72 valence electrons. The van der Waals surface area contributed by atoms with Crippen LogP contribution >= 0.6 is 11.6 Å². The number of para-hydroxylation sites is 1. The summed E-state index contributed by atoms with van der Waals surface area (Å²) in [5.74, 6) is 0.732. The summed E-state index contributed by atoms with van der Waals surface area (Å²) >= 11 is 6.08. The zero-order valence-corrected chi connectivity index (χ0v) is 8.47. The number of aldehydes is 1. The Morgan fingerprint density at radius 3 is 2.93 bits per heavy atom. The molecule has 0 radical (unpaired) electrons. The van der Waals surface area contributed by atoms with Gasteiger partial charge in [-0.25, -0.2) is 0 Å². The highest BCUT2D eigenvalue weighted by Gasteiger charge is 2.12. The van der Waals surface area contributed by atoms with Gasteiger partial charge in [0.25, 0.3) is 0 Å². The van der Waals surface area contributed by atoms with E-state index in [1.165, 1.54) is 0 Å². The summed E-state index contributed by atoms with van der Waals surface area (Å²) in [7, 11) is 0. The van der Waals surface area contributed by atoms with Gasteiger partial charge in [0.1, 0.15) is 11.3 Å². The topological polar surface area (TPSA) is 30.2 Å². The van der Waals surface area contributed by atoms with E-state index in [2.05, 4.69) is 0 Å². The molecule has 0 N–H and O–H groups in total. The van der Waals surface area contributed by atoms with E-state index in [1.54, 1.807) is 12.1 Å². The molecule has 0 unspecified atom stereocenters. The van der Waals surface area contributed by atoms with Crippen molar-refractivity contribution in [3.63, 3.8) is 0 Å². The number of aryl methyl sites for hydroxylation is 1. The molecule has 0 amide bonds. The average Bonchev–Trinajstić information content (AvgIpc) is 2.55. The van der Waals surface area contributed by atoms with Crippen LogP contribution in [0.2, 0.25) is 5.02 Å². The number of rotatable bonds is 2. The summed E-state index contributed by atoms with van der Waals surface area (Å²) in [6.45, 7) is 1.96. The first kappa shape index (κ1) is 9.28. The van der Waals surface area contributed by atoms with E-state index in [0.29, 0.717) is 16.2 Å². The maximum Gasteiger partial charge on any atom is 0.153 e. The summed E-state index contributed by atoms with van der Waals surface area (Å²) < 4.78 is 5.51. The minimum atomic E-state index is 0.545. The lowest BCUT2D eigenvalue weighted by Crippen LogP contribution is -1.78. The summed E-state index contributed by atoms with van der Waals surface area (Å²) in [6, 6.07) is 5.37. The molecule has 2 rings (SSSR count). The van der Waals surface area contributed by atoms with Gasteiger partial charge >= 0.3 is 0 Å². The number of carbonyl (C=O) groups is 1. The molecule has 2 nitrogen and oxygen atoms in total. The fraction of sp³-hybridized carbons (Fsp3) is 0.182. The lowest BCUT2D eigenvalue weighted by Gasteiger charge is -1.90. The molecule has 0 atom stereocenters. The molecule has 1 aromatic carbocycles. The normalized spacial score (nSPS) is 10.7. The van der Waals surface area contributed by atoms with Gasteiger partial charge in [0, 0.05) is 11.8 Å². The third-order valence-corrected chi connectivity index (χ3v) is 2.61. The predicted octanol–water partition coefficient (Wildman–Crippen LogP) is 3.46. The van der Waals surface area contributed by atoms with E-state index in [0.717, 1.165) is 23.9 Å². The van der Waals surface area contributed by atoms with Gasteiger partial charge < -0.3 is 4.42 Å². The Morgan fingerprint density at radius 1 is 1.50 bits per heavy atom. The van der Waals surface area contributed by atoms with Crippen LogP contribution in [0.3, 0.4) is 0 Å². The van der Waals surface area contributed by atoms with E-state index in [1.807, 2.05) is 13.0 Å². The molecule has 0 spiro atoms. The number of carbonyl (C=O) groups excluding carboxylic acids is 1.